The summed E-state index contributed by atoms with van der Waals surface area (Å²) in [5, 5.41) is 4.37. The predicted molar refractivity (Wildman–Crippen MR) is 105 cm³/mol. The zero-order chi connectivity index (χ0) is 16.5. The van der Waals surface area contributed by atoms with Crippen molar-refractivity contribution in [3.8, 4) is 0 Å². The van der Waals surface area contributed by atoms with Gasteiger partial charge in [0.25, 0.3) is 0 Å². The van der Waals surface area contributed by atoms with Gasteiger partial charge < -0.3 is 0 Å². The van der Waals surface area contributed by atoms with Crippen molar-refractivity contribution in [2.75, 3.05) is 13.8 Å². The van der Waals surface area contributed by atoms with Crippen molar-refractivity contribution in [3.63, 3.8) is 0 Å². The average molecular weight is 345 g/mol. The van der Waals surface area contributed by atoms with E-state index in [1.165, 1.54) is 23.0 Å². The Morgan fingerprint density at radius 2 is 0.826 bits per heavy atom. The molecule has 0 N–H and O–H groups in total. The summed E-state index contributed by atoms with van der Waals surface area (Å²) in [6.07, 6.45) is 0. The average Bonchev–Trinajstić information content (AvgIpc) is 2.64. The van der Waals surface area contributed by atoms with Gasteiger partial charge in [-0.3, -0.25) is 4.29 Å². The Hall–Kier alpha value is -1.66. The third kappa shape index (κ3) is 4.20. The van der Waals surface area contributed by atoms with Crippen molar-refractivity contribution >= 4 is 35.0 Å². The van der Waals surface area contributed by atoms with Crippen LogP contribution in [0.4, 0.5) is 0 Å². The quantitative estimate of drug-likeness (QED) is 0.649. The second kappa shape index (κ2) is 8.84. The molecule has 3 aromatic rings. The first kappa shape index (κ1) is 17.7. The van der Waals surface area contributed by atoms with Gasteiger partial charge in [0.15, 0.2) is 0 Å². The van der Waals surface area contributed by atoms with Crippen molar-refractivity contribution in [2.45, 2.75) is 0 Å². The number of hydrogen-bond donors (Lipinski definition) is 0. The molecule has 23 heavy (non-hydrogen) atoms. The van der Waals surface area contributed by atoms with Crippen LogP contribution in [0.2, 0.25) is 0 Å². The topological polar surface area (TPSA) is 9.23 Å². The molecule has 0 atom stereocenters. The van der Waals surface area contributed by atoms with Crippen molar-refractivity contribution in [1.82, 2.24) is 0 Å². The minimum absolute atomic E-state index is 1.39. The van der Waals surface area contributed by atoms with E-state index in [4.69, 9.17) is 0 Å². The molecule has 0 aliphatic carbocycles. The maximum absolute atomic E-state index is 4.50. The summed E-state index contributed by atoms with van der Waals surface area (Å²) >= 11 is 4.50. The molecule has 0 unspecified atom stereocenters. The van der Waals surface area contributed by atoms with Gasteiger partial charge in [-0.05, 0) is 0 Å². The summed E-state index contributed by atoms with van der Waals surface area (Å²) in [6, 6.07) is 32.8. The molecule has 3 aromatic carbocycles. The summed E-state index contributed by atoms with van der Waals surface area (Å²) in [7, 11) is -0.487. The van der Waals surface area contributed by atoms with Gasteiger partial charge in [-0.15, -0.1) is 0 Å². The molecule has 0 bridgehead atoms. The van der Waals surface area contributed by atoms with Gasteiger partial charge in [0.1, 0.15) is 0 Å². The first-order valence-electron chi connectivity index (χ1n) is 7.54. The Bertz CT molecular complexity index is 590. The van der Waals surface area contributed by atoms with Crippen molar-refractivity contribution in [1.29, 1.82) is 0 Å². The van der Waals surface area contributed by atoms with Gasteiger partial charge >= 0.3 is 121 Å². The predicted octanol–water partition coefficient (Wildman–Crippen LogP) is 4.13. The standard InChI is InChI=1S/C19H19P.CH3ClO/c1-20(17-11-5-2-6-12-17,18-13-7-3-8-14-18)19-15-9-4-10-16-19;1-3-2/h2-16,20H,1H3;1H3. The fourth-order valence-corrected chi connectivity index (χ4v) is 6.39. The minimum atomic E-state index is -1.88. The fourth-order valence-electron chi connectivity index (χ4n) is 2.81. The Morgan fingerprint density at radius 1 is 0.609 bits per heavy atom. The van der Waals surface area contributed by atoms with Crippen molar-refractivity contribution in [2.24, 2.45) is 0 Å². The molecule has 0 amide bonds. The van der Waals surface area contributed by atoms with Gasteiger partial charge in [0.05, 0.1) is 19.0 Å². The monoisotopic (exact) mass is 344 g/mol. The van der Waals surface area contributed by atoms with Crippen LogP contribution in [0.3, 0.4) is 0 Å². The Balaban J connectivity index is 0.000000595. The first-order chi connectivity index (χ1) is 11.2. The number of halogens is 1. The van der Waals surface area contributed by atoms with E-state index < -0.39 is 7.26 Å². The van der Waals surface area contributed by atoms with Crippen LogP contribution in [0.15, 0.2) is 91.0 Å². The molecular weight excluding hydrogens is 323 g/mol. The van der Waals surface area contributed by atoms with E-state index in [2.05, 4.69) is 114 Å². The Labute approximate surface area is 144 Å². The van der Waals surface area contributed by atoms with Gasteiger partial charge in [0.2, 0.25) is 0 Å². The van der Waals surface area contributed by atoms with E-state index in [9.17, 15) is 0 Å². The second-order valence-corrected chi connectivity index (χ2v) is 9.67. The molecule has 120 valence electrons. The zero-order valence-corrected chi connectivity index (χ0v) is 15.2. The van der Waals surface area contributed by atoms with Crippen LogP contribution < -0.4 is 15.9 Å². The van der Waals surface area contributed by atoms with Crippen LogP contribution in [-0.2, 0) is 4.29 Å². The van der Waals surface area contributed by atoms with Crippen LogP contribution in [-0.4, -0.2) is 13.8 Å². The number of benzene rings is 3. The Kier molecular flexibility index (Phi) is 6.80. The molecule has 3 heteroatoms. The van der Waals surface area contributed by atoms with E-state index in [-0.39, 0.29) is 0 Å². The number of hydrogen-bond acceptors (Lipinski definition) is 1. The molecular formula is C20H22ClOP. The molecule has 3 rings (SSSR count). The zero-order valence-electron chi connectivity index (χ0n) is 13.4. The maximum atomic E-state index is 4.50. The van der Waals surface area contributed by atoms with E-state index in [1.807, 2.05) is 0 Å². The fraction of sp³-hybridized carbons (Fsp3) is 0.100. The summed E-state index contributed by atoms with van der Waals surface area (Å²) in [5.41, 5.74) is 0. The molecule has 0 aliphatic rings. The van der Waals surface area contributed by atoms with E-state index >= 15 is 0 Å². The normalized spacial score (nSPS) is 11.3. The molecule has 0 aliphatic heterocycles. The Morgan fingerprint density at radius 3 is 1.04 bits per heavy atom. The molecule has 0 saturated carbocycles. The van der Waals surface area contributed by atoms with E-state index in [0.717, 1.165) is 0 Å². The summed E-state index contributed by atoms with van der Waals surface area (Å²) < 4.78 is 3.72. The molecule has 0 heterocycles. The van der Waals surface area contributed by atoms with Crippen LogP contribution >= 0.6 is 19.1 Å². The third-order valence-electron chi connectivity index (χ3n) is 4.05. The van der Waals surface area contributed by atoms with Gasteiger partial charge in [-0.25, -0.2) is 0 Å². The van der Waals surface area contributed by atoms with Crippen LogP contribution in [0, 0.1) is 0 Å². The first-order valence-corrected chi connectivity index (χ1v) is 10.4. The van der Waals surface area contributed by atoms with Crippen molar-refractivity contribution in [3.05, 3.63) is 91.0 Å². The van der Waals surface area contributed by atoms with Crippen molar-refractivity contribution < 1.29 is 4.29 Å². The summed E-state index contributed by atoms with van der Waals surface area (Å²) in [4.78, 5) is 0. The van der Waals surface area contributed by atoms with E-state index in [0.29, 0.717) is 0 Å². The summed E-state index contributed by atoms with van der Waals surface area (Å²) in [5.74, 6) is 0. The molecule has 0 saturated heterocycles. The second-order valence-electron chi connectivity index (χ2n) is 5.38. The van der Waals surface area contributed by atoms with Gasteiger partial charge in [-0.1, -0.05) is 0 Å². The number of rotatable bonds is 3. The van der Waals surface area contributed by atoms with Crippen LogP contribution in [0.25, 0.3) is 0 Å². The molecule has 0 fully saturated rings. The molecule has 0 aromatic heterocycles. The van der Waals surface area contributed by atoms with Crippen LogP contribution in [0.5, 0.6) is 0 Å². The van der Waals surface area contributed by atoms with Crippen LogP contribution in [0.1, 0.15) is 0 Å². The molecule has 0 radical (unpaired) electrons. The SMILES string of the molecule is COCl.C[PH](c1ccccc1)(c1ccccc1)c1ccccc1. The molecule has 0 spiro atoms. The van der Waals surface area contributed by atoms with E-state index in [1.54, 1.807) is 0 Å². The molecule has 1 nitrogen and oxygen atoms in total. The summed E-state index contributed by atoms with van der Waals surface area (Å²) in [6.45, 7) is 2.44. The third-order valence-corrected chi connectivity index (χ3v) is 8.52. The van der Waals surface area contributed by atoms with Gasteiger partial charge in [0, 0.05) is 0 Å². The van der Waals surface area contributed by atoms with Gasteiger partial charge in [-0.2, -0.15) is 0 Å².